The Morgan fingerprint density at radius 1 is 1.50 bits per heavy atom. The van der Waals surface area contributed by atoms with Crippen molar-refractivity contribution in [1.29, 1.82) is 0 Å². The van der Waals surface area contributed by atoms with Gasteiger partial charge in [0.15, 0.2) is 6.23 Å². The van der Waals surface area contributed by atoms with Crippen LogP contribution in [0.5, 0.6) is 0 Å². The molecule has 1 aliphatic heterocycles. The topological polar surface area (TPSA) is 49.5 Å². The van der Waals surface area contributed by atoms with Gasteiger partial charge in [0, 0.05) is 18.4 Å². The van der Waals surface area contributed by atoms with Gasteiger partial charge in [0.05, 0.1) is 5.56 Å². The fourth-order valence-corrected chi connectivity index (χ4v) is 1.64. The van der Waals surface area contributed by atoms with E-state index < -0.39 is 12.2 Å². The van der Waals surface area contributed by atoms with Crippen molar-refractivity contribution in [3.8, 4) is 0 Å². The second-order valence-electron chi connectivity index (χ2n) is 3.38. The van der Waals surface area contributed by atoms with Crippen LogP contribution in [0, 0.1) is 0 Å². The first-order valence-electron chi connectivity index (χ1n) is 4.13. The number of halogens is 2. The molecule has 0 saturated heterocycles. The zero-order valence-electron chi connectivity index (χ0n) is 7.54. The van der Waals surface area contributed by atoms with E-state index in [4.69, 9.17) is 5.73 Å². The monoisotopic (exact) mass is 200 g/mol. The van der Waals surface area contributed by atoms with Crippen LogP contribution in [-0.4, -0.2) is 18.4 Å². The number of nitrogen functional groups attached to an aromatic ring is 1. The molecule has 1 atom stereocenters. The van der Waals surface area contributed by atoms with Crippen LogP contribution in [0.15, 0.2) is 18.2 Å². The Labute approximate surface area is 79.7 Å². The summed E-state index contributed by atoms with van der Waals surface area (Å²) in [5.41, 5.74) is 5.78. The molecule has 2 rings (SSSR count). The number of hydrogen-bond acceptors (Lipinski definition) is 3. The van der Waals surface area contributed by atoms with E-state index in [0.717, 1.165) is 4.90 Å². The Kier molecular flexibility index (Phi) is 1.69. The lowest BCUT2D eigenvalue weighted by atomic mass is 10.1. The predicted molar refractivity (Wildman–Crippen MR) is 49.2 cm³/mol. The van der Waals surface area contributed by atoms with Gasteiger partial charge in [-0.15, -0.1) is 0 Å². The number of anilines is 2. The maximum absolute atomic E-state index is 13.4. The van der Waals surface area contributed by atoms with E-state index in [1.165, 1.54) is 25.2 Å². The maximum atomic E-state index is 13.4. The first-order chi connectivity index (χ1) is 6.44. The van der Waals surface area contributed by atoms with Gasteiger partial charge in [0.1, 0.15) is 0 Å². The summed E-state index contributed by atoms with van der Waals surface area (Å²) in [6.07, 6.45) is -1.81. The molecule has 3 N–H and O–H groups in total. The zero-order valence-corrected chi connectivity index (χ0v) is 7.54. The standard InChI is InChI=1S/C9H10F2N2O/c1-13-7-3-2-5(12)4-6(7)9(10,11)8(13)14/h2-4,8,14H,12H2,1H3. The highest BCUT2D eigenvalue weighted by atomic mass is 19.3. The van der Waals surface area contributed by atoms with Gasteiger partial charge >= 0.3 is 5.92 Å². The third-order valence-corrected chi connectivity index (χ3v) is 2.45. The lowest BCUT2D eigenvalue weighted by Gasteiger charge is -2.20. The van der Waals surface area contributed by atoms with Crippen LogP contribution in [0.2, 0.25) is 0 Å². The van der Waals surface area contributed by atoms with E-state index in [9.17, 15) is 13.9 Å². The fraction of sp³-hybridized carbons (Fsp3) is 0.333. The largest absolute Gasteiger partial charge is 0.399 e. The lowest BCUT2D eigenvalue weighted by Crippen LogP contribution is -2.37. The third-order valence-electron chi connectivity index (χ3n) is 2.45. The van der Waals surface area contributed by atoms with Crippen molar-refractivity contribution >= 4 is 11.4 Å². The van der Waals surface area contributed by atoms with Gasteiger partial charge in [-0.25, -0.2) is 0 Å². The molecule has 0 bridgehead atoms. The summed E-state index contributed by atoms with van der Waals surface area (Å²) in [7, 11) is 1.42. The van der Waals surface area contributed by atoms with E-state index >= 15 is 0 Å². The Morgan fingerprint density at radius 2 is 2.14 bits per heavy atom. The molecule has 5 heteroatoms. The van der Waals surface area contributed by atoms with Gasteiger partial charge in [-0.2, -0.15) is 8.78 Å². The fourth-order valence-electron chi connectivity index (χ4n) is 1.64. The molecule has 0 amide bonds. The SMILES string of the molecule is CN1c2ccc(N)cc2C(F)(F)C1O. The third kappa shape index (κ3) is 0.988. The smallest absolute Gasteiger partial charge is 0.318 e. The molecule has 1 heterocycles. The molecule has 0 radical (unpaired) electrons. The van der Waals surface area contributed by atoms with E-state index in [2.05, 4.69) is 0 Å². The van der Waals surface area contributed by atoms with E-state index in [1.807, 2.05) is 0 Å². The average molecular weight is 200 g/mol. The molecule has 0 saturated carbocycles. The summed E-state index contributed by atoms with van der Waals surface area (Å²) in [4.78, 5) is 1.13. The van der Waals surface area contributed by atoms with Crippen LogP contribution in [0.25, 0.3) is 0 Å². The van der Waals surface area contributed by atoms with Crippen LogP contribution in [0.4, 0.5) is 20.2 Å². The summed E-state index contributed by atoms with van der Waals surface area (Å²) >= 11 is 0. The number of likely N-dealkylation sites (N-methyl/N-ethyl adjacent to an activating group) is 1. The molecule has 0 spiro atoms. The van der Waals surface area contributed by atoms with Gasteiger partial charge in [0.2, 0.25) is 0 Å². The number of alkyl halides is 2. The summed E-state index contributed by atoms with van der Waals surface area (Å²) < 4.78 is 26.8. The number of benzene rings is 1. The molecule has 0 aromatic heterocycles. The van der Waals surface area contributed by atoms with Gasteiger partial charge in [-0.3, -0.25) is 0 Å². The maximum Gasteiger partial charge on any atom is 0.318 e. The van der Waals surface area contributed by atoms with Crippen LogP contribution < -0.4 is 10.6 Å². The van der Waals surface area contributed by atoms with Crippen LogP contribution >= 0.6 is 0 Å². The van der Waals surface area contributed by atoms with E-state index in [1.54, 1.807) is 0 Å². The summed E-state index contributed by atoms with van der Waals surface area (Å²) in [6.45, 7) is 0. The van der Waals surface area contributed by atoms with Gasteiger partial charge in [0.25, 0.3) is 0 Å². The van der Waals surface area contributed by atoms with Gasteiger partial charge in [-0.1, -0.05) is 0 Å². The second kappa shape index (κ2) is 2.57. The van der Waals surface area contributed by atoms with Crippen molar-refractivity contribution in [2.45, 2.75) is 12.2 Å². The van der Waals surface area contributed by atoms with E-state index in [0.29, 0.717) is 5.69 Å². The van der Waals surface area contributed by atoms with Crippen molar-refractivity contribution in [3.63, 3.8) is 0 Å². The summed E-state index contributed by atoms with van der Waals surface area (Å²) in [5.74, 6) is -3.25. The molecule has 1 aliphatic rings. The van der Waals surface area contributed by atoms with Crippen LogP contribution in [0.3, 0.4) is 0 Å². The molecule has 1 aromatic carbocycles. The van der Waals surface area contributed by atoms with Crippen molar-refractivity contribution in [1.82, 2.24) is 0 Å². The predicted octanol–water partition coefficient (Wildman–Crippen LogP) is 1.13. The second-order valence-corrected chi connectivity index (χ2v) is 3.38. The van der Waals surface area contributed by atoms with Crippen molar-refractivity contribution < 1.29 is 13.9 Å². The molecule has 14 heavy (non-hydrogen) atoms. The molecule has 3 nitrogen and oxygen atoms in total. The van der Waals surface area contributed by atoms with Gasteiger partial charge in [-0.05, 0) is 18.2 Å². The number of nitrogens with zero attached hydrogens (tertiary/aromatic N) is 1. The lowest BCUT2D eigenvalue weighted by molar-refractivity contribution is -0.102. The number of aliphatic hydroxyl groups excluding tert-OH is 1. The molecule has 0 aliphatic carbocycles. The normalized spacial score (nSPS) is 23.7. The first-order valence-corrected chi connectivity index (χ1v) is 4.13. The van der Waals surface area contributed by atoms with Crippen LogP contribution in [0.1, 0.15) is 5.56 Å². The number of aliphatic hydroxyl groups is 1. The minimum atomic E-state index is -3.25. The van der Waals surface area contributed by atoms with Gasteiger partial charge < -0.3 is 15.7 Å². The average Bonchev–Trinajstić information content (AvgIpc) is 2.29. The first kappa shape index (κ1) is 9.21. The van der Waals surface area contributed by atoms with Crippen LogP contribution in [-0.2, 0) is 5.92 Å². The Bertz CT molecular complexity index is 381. The number of nitrogens with two attached hydrogens (primary N) is 1. The quantitative estimate of drug-likeness (QED) is 0.617. The highest BCUT2D eigenvalue weighted by Gasteiger charge is 2.51. The highest BCUT2D eigenvalue weighted by Crippen LogP contribution is 2.46. The Morgan fingerprint density at radius 3 is 2.79 bits per heavy atom. The zero-order chi connectivity index (χ0) is 10.5. The Balaban J connectivity index is 2.63. The molecule has 1 unspecified atom stereocenters. The molecular weight excluding hydrogens is 190 g/mol. The Hall–Kier alpha value is -1.36. The highest BCUT2D eigenvalue weighted by molar-refractivity contribution is 5.65. The summed E-state index contributed by atoms with van der Waals surface area (Å²) in [6, 6.07) is 4.21. The molecular formula is C9H10F2N2O. The summed E-state index contributed by atoms with van der Waals surface area (Å²) in [5, 5.41) is 9.27. The minimum Gasteiger partial charge on any atom is -0.399 e. The number of hydrogen-bond donors (Lipinski definition) is 2. The van der Waals surface area contributed by atoms with Crippen molar-refractivity contribution in [2.75, 3.05) is 17.7 Å². The number of fused-ring (bicyclic) bond motifs is 1. The molecule has 0 fully saturated rings. The van der Waals surface area contributed by atoms with E-state index in [-0.39, 0.29) is 11.3 Å². The van der Waals surface area contributed by atoms with Crippen molar-refractivity contribution in [2.24, 2.45) is 0 Å². The molecule has 1 aromatic rings. The minimum absolute atomic E-state index is 0.215. The number of rotatable bonds is 0. The van der Waals surface area contributed by atoms with Crippen molar-refractivity contribution in [3.05, 3.63) is 23.8 Å². The molecule has 76 valence electrons.